The van der Waals surface area contributed by atoms with Gasteiger partial charge in [-0.2, -0.15) is 0 Å². The maximum Gasteiger partial charge on any atom is 0.319 e. The number of hydrogen-bond donors (Lipinski definition) is 1. The molecule has 0 spiro atoms. The molecule has 1 aromatic carbocycles. The highest BCUT2D eigenvalue weighted by atomic mass is 35.5. The number of aromatic hydroxyl groups is 1. The van der Waals surface area contributed by atoms with E-state index in [4.69, 9.17) is 11.6 Å². The minimum Gasteiger partial charge on any atom is -0.493 e. The van der Waals surface area contributed by atoms with Gasteiger partial charge in [0.2, 0.25) is 5.88 Å². The number of para-hydroxylation sites is 1. The lowest BCUT2D eigenvalue weighted by molar-refractivity contribution is -0.862. The number of amides is 1. The maximum atomic E-state index is 11.9. The zero-order chi connectivity index (χ0) is 17.0. The summed E-state index contributed by atoms with van der Waals surface area (Å²) in [5.74, 6) is 0.192. The summed E-state index contributed by atoms with van der Waals surface area (Å²) in [6.07, 6.45) is 0.727. The second-order valence-corrected chi connectivity index (χ2v) is 6.80. The van der Waals surface area contributed by atoms with Crippen LogP contribution in [0.25, 0.3) is 10.9 Å². The van der Waals surface area contributed by atoms with Crippen LogP contribution in [0.15, 0.2) is 34.5 Å². The summed E-state index contributed by atoms with van der Waals surface area (Å²) >= 11 is 5.74. The monoisotopic (exact) mass is 337 g/mol. The highest BCUT2D eigenvalue weighted by Crippen LogP contribution is 2.38. The van der Waals surface area contributed by atoms with Gasteiger partial charge in [-0.1, -0.05) is 18.2 Å². The minimum absolute atomic E-state index is 0.0121. The van der Waals surface area contributed by atoms with Gasteiger partial charge in [-0.25, -0.2) is 0 Å². The zero-order valence-electron chi connectivity index (χ0n) is 13.7. The molecule has 2 rings (SSSR count). The number of nitrogens with zero attached hydrogens (tertiary/aromatic N) is 4. The van der Waals surface area contributed by atoms with Gasteiger partial charge in [0, 0.05) is 17.8 Å². The lowest BCUT2D eigenvalue weighted by Crippen LogP contribution is -2.38. The fraction of sp³-hybridized carbons (Fsp3) is 0.438. The molecule has 1 heterocycles. The number of hydrogen-bond acceptors (Lipinski definition) is 3. The van der Waals surface area contributed by atoms with Crippen molar-refractivity contribution in [1.82, 2.24) is 4.57 Å². The van der Waals surface area contributed by atoms with Crippen molar-refractivity contribution in [3.05, 3.63) is 24.3 Å². The molecule has 2 aromatic rings. The summed E-state index contributed by atoms with van der Waals surface area (Å²) in [6, 6.07) is 7.50. The van der Waals surface area contributed by atoms with Gasteiger partial charge in [-0.05, 0) is 12.5 Å². The van der Waals surface area contributed by atoms with E-state index in [2.05, 4.69) is 10.2 Å². The predicted molar refractivity (Wildman–Crippen MR) is 91.4 cm³/mol. The molecule has 0 aliphatic heterocycles. The van der Waals surface area contributed by atoms with Gasteiger partial charge in [0.1, 0.15) is 0 Å². The second kappa shape index (κ2) is 7.10. The van der Waals surface area contributed by atoms with Gasteiger partial charge >= 0.3 is 5.91 Å². The van der Waals surface area contributed by atoms with Crippen molar-refractivity contribution in [2.24, 2.45) is 10.2 Å². The standard InChI is InChI=1S/C16H21ClN4O2/c1-21(2,3)11-14(22)18-19-15-12-7-4-5-8-13(12)20(16(15)23)10-6-9-17/h4-5,7-8H,6,9-11H2,1-3H3/p+1. The molecule has 0 bridgehead atoms. The van der Waals surface area contributed by atoms with Crippen molar-refractivity contribution < 1.29 is 14.4 Å². The smallest absolute Gasteiger partial charge is 0.319 e. The van der Waals surface area contributed by atoms with Crippen molar-refractivity contribution in [2.75, 3.05) is 33.6 Å². The number of aryl methyl sites for hydroxylation is 1. The highest BCUT2D eigenvalue weighted by molar-refractivity contribution is 6.17. The third-order valence-corrected chi connectivity index (χ3v) is 3.57. The molecule has 1 aromatic heterocycles. The number of carbonyl (C=O) groups is 1. The van der Waals surface area contributed by atoms with E-state index in [9.17, 15) is 9.90 Å². The molecule has 1 amide bonds. The normalized spacial score (nSPS) is 12.3. The van der Waals surface area contributed by atoms with Gasteiger partial charge in [-0.3, -0.25) is 4.79 Å². The summed E-state index contributed by atoms with van der Waals surface area (Å²) in [5.41, 5.74) is 1.17. The lowest BCUT2D eigenvalue weighted by Gasteiger charge is -2.20. The largest absolute Gasteiger partial charge is 0.493 e. The second-order valence-electron chi connectivity index (χ2n) is 6.43. The Bertz CT molecular complexity index is 731. The maximum absolute atomic E-state index is 11.9. The molecule has 7 heteroatoms. The molecule has 0 saturated carbocycles. The van der Waals surface area contributed by atoms with Gasteiger partial charge < -0.3 is 14.2 Å². The summed E-state index contributed by atoms with van der Waals surface area (Å²) in [7, 11) is 5.72. The van der Waals surface area contributed by atoms with Gasteiger partial charge in [0.05, 0.1) is 26.7 Å². The Morgan fingerprint density at radius 1 is 1.30 bits per heavy atom. The Labute approximate surface area is 140 Å². The molecular weight excluding hydrogens is 316 g/mol. The third-order valence-electron chi connectivity index (χ3n) is 3.30. The van der Waals surface area contributed by atoms with Crippen molar-refractivity contribution in [2.45, 2.75) is 13.0 Å². The molecule has 23 heavy (non-hydrogen) atoms. The van der Waals surface area contributed by atoms with Crippen LogP contribution in [0.2, 0.25) is 0 Å². The predicted octanol–water partition coefficient (Wildman–Crippen LogP) is 3.29. The van der Waals surface area contributed by atoms with E-state index in [1.807, 2.05) is 45.4 Å². The van der Waals surface area contributed by atoms with Crippen molar-refractivity contribution in [1.29, 1.82) is 0 Å². The van der Waals surface area contributed by atoms with Crippen LogP contribution < -0.4 is 0 Å². The molecule has 1 N–H and O–H groups in total. The van der Waals surface area contributed by atoms with Crippen LogP contribution in [0.5, 0.6) is 5.88 Å². The number of likely N-dealkylation sites (N-methyl/N-ethyl adjacent to an activating group) is 1. The molecular formula is C16H22ClN4O2+. The fourth-order valence-electron chi connectivity index (χ4n) is 2.36. The Kier molecular flexibility index (Phi) is 5.38. The summed E-state index contributed by atoms with van der Waals surface area (Å²) in [6.45, 7) is 0.827. The van der Waals surface area contributed by atoms with Crippen LogP contribution in [-0.2, 0) is 11.3 Å². The van der Waals surface area contributed by atoms with E-state index in [0.29, 0.717) is 22.6 Å². The number of halogens is 1. The average molecular weight is 338 g/mol. The first kappa shape index (κ1) is 17.4. The van der Waals surface area contributed by atoms with Crippen LogP contribution in [0.3, 0.4) is 0 Å². The number of aromatic nitrogens is 1. The van der Waals surface area contributed by atoms with E-state index in [1.165, 1.54) is 0 Å². The average Bonchev–Trinajstić information content (AvgIpc) is 2.73. The van der Waals surface area contributed by atoms with Gasteiger partial charge in [0.15, 0.2) is 12.2 Å². The van der Waals surface area contributed by atoms with Crippen LogP contribution in [0, 0.1) is 0 Å². The summed E-state index contributed by atoms with van der Waals surface area (Å²) in [5, 5.41) is 19.0. The molecule has 0 fully saturated rings. The van der Waals surface area contributed by atoms with Crippen molar-refractivity contribution >= 4 is 34.1 Å². The first-order valence-corrected chi connectivity index (χ1v) is 7.98. The molecule has 0 saturated heterocycles. The number of quaternary nitrogens is 1. The first-order chi connectivity index (χ1) is 10.8. The number of carbonyl (C=O) groups excluding carboxylic acids is 1. The lowest BCUT2D eigenvalue weighted by atomic mass is 10.2. The third kappa shape index (κ3) is 4.30. The van der Waals surface area contributed by atoms with Gasteiger partial charge in [-0.15, -0.1) is 21.8 Å². The number of fused-ring (bicyclic) bond motifs is 1. The van der Waals surface area contributed by atoms with E-state index in [1.54, 1.807) is 4.57 Å². The van der Waals surface area contributed by atoms with Crippen molar-refractivity contribution in [3.8, 4) is 5.88 Å². The Morgan fingerprint density at radius 3 is 2.65 bits per heavy atom. The number of benzene rings is 1. The first-order valence-electron chi connectivity index (χ1n) is 7.44. The quantitative estimate of drug-likeness (QED) is 0.499. The molecule has 0 aliphatic carbocycles. The fourth-order valence-corrected chi connectivity index (χ4v) is 2.48. The Morgan fingerprint density at radius 2 is 2.00 bits per heavy atom. The van der Waals surface area contributed by atoms with Crippen LogP contribution in [-0.4, -0.2) is 53.6 Å². The summed E-state index contributed by atoms with van der Waals surface area (Å²) in [4.78, 5) is 11.9. The number of rotatable bonds is 6. The van der Waals surface area contributed by atoms with Crippen LogP contribution in [0.1, 0.15) is 6.42 Å². The van der Waals surface area contributed by atoms with Crippen LogP contribution >= 0.6 is 11.6 Å². The van der Waals surface area contributed by atoms with Gasteiger partial charge in [0.25, 0.3) is 0 Å². The molecule has 0 atom stereocenters. The molecule has 124 valence electrons. The molecule has 0 radical (unpaired) electrons. The number of alkyl halides is 1. The minimum atomic E-state index is -0.325. The molecule has 6 nitrogen and oxygen atoms in total. The van der Waals surface area contributed by atoms with Crippen molar-refractivity contribution in [3.63, 3.8) is 0 Å². The van der Waals surface area contributed by atoms with E-state index < -0.39 is 0 Å². The molecule has 0 aliphatic rings. The molecule has 0 unspecified atom stereocenters. The highest BCUT2D eigenvalue weighted by Gasteiger charge is 2.18. The topological polar surface area (TPSA) is 66.9 Å². The Hall–Kier alpha value is -1.92. The summed E-state index contributed by atoms with van der Waals surface area (Å²) < 4.78 is 2.22. The number of azo groups is 1. The van der Waals surface area contributed by atoms with E-state index >= 15 is 0 Å². The van der Waals surface area contributed by atoms with E-state index in [0.717, 1.165) is 17.3 Å². The Balaban J connectivity index is 2.37. The SMILES string of the molecule is C[N+](C)(C)CC(=O)N=Nc1c(O)n(CCCCl)c2ccccc12. The van der Waals surface area contributed by atoms with E-state index in [-0.39, 0.29) is 18.3 Å². The van der Waals surface area contributed by atoms with Crippen LogP contribution in [0.4, 0.5) is 5.69 Å². The zero-order valence-corrected chi connectivity index (χ0v) is 14.4.